The molecule has 32 heavy (non-hydrogen) atoms. The van der Waals surface area contributed by atoms with Gasteiger partial charge in [-0.2, -0.15) is 0 Å². The van der Waals surface area contributed by atoms with E-state index in [4.69, 9.17) is 18.9 Å². The van der Waals surface area contributed by atoms with Crippen molar-refractivity contribution in [3.05, 3.63) is 53.6 Å². The molecule has 8 heteroatoms. The van der Waals surface area contributed by atoms with Crippen molar-refractivity contribution < 1.29 is 33.6 Å². The number of ether oxygens (including phenoxy) is 4. The zero-order valence-electron chi connectivity index (χ0n) is 19.4. The van der Waals surface area contributed by atoms with E-state index < -0.39 is 23.8 Å². The summed E-state index contributed by atoms with van der Waals surface area (Å²) in [5, 5.41) is 10.4. The van der Waals surface area contributed by atoms with Crippen molar-refractivity contribution in [1.29, 1.82) is 0 Å². The van der Waals surface area contributed by atoms with Crippen LogP contribution in [0.2, 0.25) is 0 Å². The summed E-state index contributed by atoms with van der Waals surface area (Å²) < 4.78 is 21.1. The van der Waals surface area contributed by atoms with Gasteiger partial charge in [0.2, 0.25) is 0 Å². The number of methoxy groups -OCH3 is 2. The molecule has 0 aromatic heterocycles. The molecule has 1 amide bonds. The molecule has 0 saturated carbocycles. The molecule has 0 aliphatic rings. The fourth-order valence-corrected chi connectivity index (χ4v) is 2.86. The first kappa shape index (κ1) is 25.0. The Hall–Kier alpha value is -3.26. The van der Waals surface area contributed by atoms with Gasteiger partial charge in [-0.05, 0) is 56.2 Å². The molecule has 0 radical (unpaired) electrons. The lowest BCUT2D eigenvalue weighted by Gasteiger charge is -2.26. The number of carbonyl (C=O) groups is 2. The van der Waals surface area contributed by atoms with Crippen LogP contribution in [0.15, 0.2) is 42.5 Å². The maximum Gasteiger partial charge on any atom is 0.410 e. The lowest BCUT2D eigenvalue weighted by molar-refractivity contribution is -0.133. The van der Waals surface area contributed by atoms with Crippen LogP contribution < -0.4 is 14.2 Å². The first-order valence-electron chi connectivity index (χ1n) is 10.2. The monoisotopic (exact) mass is 445 g/mol. The van der Waals surface area contributed by atoms with Crippen LogP contribution in [0.3, 0.4) is 0 Å². The molecule has 0 spiro atoms. The van der Waals surface area contributed by atoms with Crippen molar-refractivity contribution >= 4 is 12.1 Å². The number of aliphatic hydroxyl groups excluding tert-OH is 1. The lowest BCUT2D eigenvalue weighted by atomic mass is 10.1. The number of hydrogen-bond donors (Lipinski definition) is 1. The molecule has 0 aliphatic heterocycles. The molecule has 1 unspecified atom stereocenters. The number of rotatable bonds is 8. The molecule has 2 aromatic rings. The molecule has 0 fully saturated rings. The number of esters is 1. The summed E-state index contributed by atoms with van der Waals surface area (Å²) in [5.74, 6) is 1.03. The molecule has 0 bridgehead atoms. The highest BCUT2D eigenvalue weighted by Gasteiger charge is 2.22. The van der Waals surface area contributed by atoms with Crippen molar-refractivity contribution in [2.45, 2.75) is 38.9 Å². The number of amides is 1. The summed E-state index contributed by atoms with van der Waals surface area (Å²) in [7, 11) is 4.63. The maximum atomic E-state index is 12.3. The van der Waals surface area contributed by atoms with Crippen LogP contribution in [0.25, 0.3) is 0 Å². The molecule has 0 saturated heterocycles. The van der Waals surface area contributed by atoms with Gasteiger partial charge in [-0.25, -0.2) is 4.79 Å². The maximum absolute atomic E-state index is 12.3. The van der Waals surface area contributed by atoms with E-state index in [1.54, 1.807) is 77.4 Å². The van der Waals surface area contributed by atoms with Crippen molar-refractivity contribution in [2.75, 3.05) is 27.8 Å². The van der Waals surface area contributed by atoms with Gasteiger partial charge < -0.3 is 29.0 Å². The van der Waals surface area contributed by atoms with Gasteiger partial charge in [0.1, 0.15) is 11.4 Å². The van der Waals surface area contributed by atoms with Crippen LogP contribution in [0, 0.1) is 0 Å². The summed E-state index contributed by atoms with van der Waals surface area (Å²) in [4.78, 5) is 25.6. The normalized spacial score (nSPS) is 12.0. The van der Waals surface area contributed by atoms with E-state index in [0.29, 0.717) is 22.8 Å². The number of likely N-dealkylation sites (N-methyl/N-ethyl adjacent to an activating group) is 1. The second kappa shape index (κ2) is 10.9. The average Bonchev–Trinajstić information content (AvgIpc) is 2.72. The van der Waals surface area contributed by atoms with Crippen LogP contribution in [-0.2, 0) is 16.0 Å². The van der Waals surface area contributed by atoms with Gasteiger partial charge in [-0.3, -0.25) is 4.79 Å². The average molecular weight is 446 g/mol. The lowest BCUT2D eigenvalue weighted by Crippen LogP contribution is -2.36. The van der Waals surface area contributed by atoms with E-state index in [1.807, 2.05) is 0 Å². The third kappa shape index (κ3) is 7.46. The SMILES string of the molecule is COc1ccc(CC(=O)Oc2ccc(C(O)CN(C)C(=O)OC(C)(C)C)cc2)cc1OC. The predicted molar refractivity (Wildman–Crippen MR) is 119 cm³/mol. The molecule has 174 valence electrons. The second-order valence-electron chi connectivity index (χ2n) is 8.29. The van der Waals surface area contributed by atoms with Gasteiger partial charge in [0, 0.05) is 7.05 Å². The van der Waals surface area contributed by atoms with E-state index in [1.165, 1.54) is 12.0 Å². The standard InChI is InChI=1S/C24H31NO7/c1-24(2,3)32-23(28)25(4)15-19(26)17-8-10-18(11-9-17)31-22(27)14-16-7-12-20(29-5)21(13-16)30-6/h7-13,19,26H,14-15H2,1-6H3. The first-order valence-corrected chi connectivity index (χ1v) is 10.2. The molecule has 0 aliphatic carbocycles. The van der Waals surface area contributed by atoms with Crippen LogP contribution in [0.4, 0.5) is 4.79 Å². The van der Waals surface area contributed by atoms with Gasteiger partial charge in [-0.1, -0.05) is 18.2 Å². The topological polar surface area (TPSA) is 94.5 Å². The van der Waals surface area contributed by atoms with Crippen molar-refractivity contribution in [1.82, 2.24) is 4.90 Å². The summed E-state index contributed by atoms with van der Waals surface area (Å²) in [6.45, 7) is 5.40. The molecular weight excluding hydrogens is 414 g/mol. The Morgan fingerprint density at radius 3 is 2.19 bits per heavy atom. The Kier molecular flexibility index (Phi) is 8.48. The molecule has 2 rings (SSSR count). The van der Waals surface area contributed by atoms with Crippen LogP contribution in [-0.4, -0.2) is 55.5 Å². The third-order valence-electron chi connectivity index (χ3n) is 4.44. The summed E-state index contributed by atoms with van der Waals surface area (Å²) in [6.07, 6.45) is -1.37. The third-order valence-corrected chi connectivity index (χ3v) is 4.44. The minimum atomic E-state index is -0.913. The highest BCUT2D eigenvalue weighted by Crippen LogP contribution is 2.28. The van der Waals surface area contributed by atoms with Crippen molar-refractivity contribution in [3.8, 4) is 17.2 Å². The molecule has 0 heterocycles. The second-order valence-corrected chi connectivity index (χ2v) is 8.29. The molecule has 8 nitrogen and oxygen atoms in total. The minimum Gasteiger partial charge on any atom is -0.493 e. The number of aliphatic hydroxyl groups is 1. The Labute approximate surface area is 188 Å². The van der Waals surface area contributed by atoms with E-state index in [0.717, 1.165) is 5.56 Å². The molecule has 2 aromatic carbocycles. The fourth-order valence-electron chi connectivity index (χ4n) is 2.86. The van der Waals surface area contributed by atoms with Crippen molar-refractivity contribution in [2.24, 2.45) is 0 Å². The largest absolute Gasteiger partial charge is 0.493 e. The molecule has 1 N–H and O–H groups in total. The smallest absolute Gasteiger partial charge is 0.410 e. The van der Waals surface area contributed by atoms with Gasteiger partial charge in [0.15, 0.2) is 11.5 Å². The Bertz CT molecular complexity index is 919. The Morgan fingerprint density at radius 1 is 1.00 bits per heavy atom. The number of nitrogens with zero attached hydrogens (tertiary/aromatic N) is 1. The Balaban J connectivity index is 1.93. The van der Waals surface area contributed by atoms with Gasteiger partial charge in [-0.15, -0.1) is 0 Å². The highest BCUT2D eigenvalue weighted by atomic mass is 16.6. The van der Waals surface area contributed by atoms with Gasteiger partial charge >= 0.3 is 12.1 Å². The molecule has 1 atom stereocenters. The first-order chi connectivity index (χ1) is 15.0. The van der Waals surface area contributed by atoms with E-state index in [9.17, 15) is 14.7 Å². The number of benzene rings is 2. The summed E-state index contributed by atoms with van der Waals surface area (Å²) in [6, 6.07) is 11.7. The summed E-state index contributed by atoms with van der Waals surface area (Å²) in [5.41, 5.74) is 0.698. The molecular formula is C24H31NO7. The Morgan fingerprint density at radius 2 is 1.62 bits per heavy atom. The van der Waals surface area contributed by atoms with E-state index in [2.05, 4.69) is 0 Å². The summed E-state index contributed by atoms with van der Waals surface area (Å²) >= 11 is 0. The fraction of sp³-hybridized carbons (Fsp3) is 0.417. The van der Waals surface area contributed by atoms with Gasteiger partial charge in [0.05, 0.1) is 33.3 Å². The quantitative estimate of drug-likeness (QED) is 0.488. The van der Waals surface area contributed by atoms with Crippen molar-refractivity contribution in [3.63, 3.8) is 0 Å². The van der Waals surface area contributed by atoms with E-state index in [-0.39, 0.29) is 13.0 Å². The highest BCUT2D eigenvalue weighted by molar-refractivity contribution is 5.75. The zero-order valence-corrected chi connectivity index (χ0v) is 19.4. The van der Waals surface area contributed by atoms with Gasteiger partial charge in [0.25, 0.3) is 0 Å². The van der Waals surface area contributed by atoms with Crippen LogP contribution in [0.1, 0.15) is 38.0 Å². The van der Waals surface area contributed by atoms with E-state index >= 15 is 0 Å². The number of hydrogen-bond acceptors (Lipinski definition) is 7. The zero-order chi connectivity index (χ0) is 23.9. The van der Waals surface area contributed by atoms with Crippen LogP contribution >= 0.6 is 0 Å². The predicted octanol–water partition coefficient (Wildman–Crippen LogP) is 3.75. The van der Waals surface area contributed by atoms with Crippen LogP contribution in [0.5, 0.6) is 17.2 Å². The minimum absolute atomic E-state index is 0.0609. The number of carbonyl (C=O) groups excluding carboxylic acids is 2.